The Morgan fingerprint density at radius 2 is 1.96 bits per heavy atom. The van der Waals surface area contributed by atoms with E-state index in [-0.39, 0.29) is 11.4 Å². The SMILES string of the molecule is Cc1cc(-c2ccncc2)nc2c(C(=O)NC(C)(C)C3CC3)ccn12. The third-order valence-electron chi connectivity index (χ3n) is 5.07. The molecule has 3 aromatic heterocycles. The highest BCUT2D eigenvalue weighted by Crippen LogP contribution is 2.39. The molecule has 0 unspecified atom stereocenters. The number of carbonyl (C=O) groups excluding carboxylic acids is 1. The van der Waals surface area contributed by atoms with E-state index in [4.69, 9.17) is 4.98 Å². The summed E-state index contributed by atoms with van der Waals surface area (Å²) in [7, 11) is 0. The summed E-state index contributed by atoms with van der Waals surface area (Å²) in [5.41, 5.74) is 4.01. The van der Waals surface area contributed by atoms with E-state index in [1.54, 1.807) is 12.4 Å². The first kappa shape index (κ1) is 15.8. The Balaban J connectivity index is 1.75. The van der Waals surface area contributed by atoms with E-state index in [0.717, 1.165) is 17.0 Å². The van der Waals surface area contributed by atoms with Crippen molar-refractivity contribution in [1.82, 2.24) is 19.7 Å². The predicted octanol–water partition coefficient (Wildman–Crippen LogP) is 3.62. The van der Waals surface area contributed by atoms with Gasteiger partial charge in [-0.05, 0) is 63.8 Å². The molecule has 0 bridgehead atoms. The van der Waals surface area contributed by atoms with Gasteiger partial charge in [0.15, 0.2) is 0 Å². The van der Waals surface area contributed by atoms with E-state index in [1.807, 2.05) is 41.8 Å². The van der Waals surface area contributed by atoms with Crippen LogP contribution in [0.15, 0.2) is 42.9 Å². The van der Waals surface area contributed by atoms with Crippen molar-refractivity contribution in [2.24, 2.45) is 5.92 Å². The number of amides is 1. The summed E-state index contributed by atoms with van der Waals surface area (Å²) in [6.07, 6.45) is 7.79. The molecule has 0 atom stereocenters. The summed E-state index contributed by atoms with van der Waals surface area (Å²) in [5, 5.41) is 3.19. The number of fused-ring (bicyclic) bond motifs is 1. The molecule has 0 radical (unpaired) electrons. The van der Waals surface area contributed by atoms with Crippen LogP contribution in [0.25, 0.3) is 16.9 Å². The zero-order chi connectivity index (χ0) is 17.6. The maximum Gasteiger partial charge on any atom is 0.255 e. The number of hydrogen-bond acceptors (Lipinski definition) is 3. The van der Waals surface area contributed by atoms with Crippen LogP contribution >= 0.6 is 0 Å². The summed E-state index contributed by atoms with van der Waals surface area (Å²) in [6, 6.07) is 7.73. The summed E-state index contributed by atoms with van der Waals surface area (Å²) >= 11 is 0. The molecule has 1 amide bonds. The van der Waals surface area contributed by atoms with Gasteiger partial charge in [-0.25, -0.2) is 4.98 Å². The minimum Gasteiger partial charge on any atom is -0.347 e. The molecule has 0 spiro atoms. The zero-order valence-electron chi connectivity index (χ0n) is 14.8. The molecule has 4 rings (SSSR count). The number of carbonyl (C=O) groups is 1. The van der Waals surface area contributed by atoms with Gasteiger partial charge in [-0.2, -0.15) is 0 Å². The lowest BCUT2D eigenvalue weighted by Crippen LogP contribution is -2.45. The molecule has 1 saturated carbocycles. The normalized spacial score (nSPS) is 14.7. The molecule has 1 aliphatic carbocycles. The molecular formula is C20H22N4O. The standard InChI is InChI=1S/C20H22N4O/c1-13-12-17(14-6-9-21-10-7-14)22-18-16(8-11-24(13)18)19(25)23-20(2,3)15-4-5-15/h6-12,15H,4-5H2,1-3H3,(H,23,25). The highest BCUT2D eigenvalue weighted by molar-refractivity contribution is 6.00. The summed E-state index contributed by atoms with van der Waals surface area (Å²) < 4.78 is 1.96. The third-order valence-corrected chi connectivity index (χ3v) is 5.07. The Morgan fingerprint density at radius 1 is 1.24 bits per heavy atom. The first-order chi connectivity index (χ1) is 12.0. The molecule has 5 nitrogen and oxygen atoms in total. The van der Waals surface area contributed by atoms with Gasteiger partial charge in [0.05, 0.1) is 11.3 Å². The average molecular weight is 334 g/mol. The minimum absolute atomic E-state index is 0.0572. The molecule has 1 aliphatic rings. The Hall–Kier alpha value is -2.69. The monoisotopic (exact) mass is 334 g/mol. The molecule has 1 N–H and O–H groups in total. The molecule has 0 aliphatic heterocycles. The Bertz CT molecular complexity index is 939. The Kier molecular flexibility index (Phi) is 3.60. The number of pyridine rings is 1. The molecule has 1 fully saturated rings. The van der Waals surface area contributed by atoms with E-state index in [2.05, 4.69) is 24.1 Å². The van der Waals surface area contributed by atoms with Crippen molar-refractivity contribution >= 4 is 11.6 Å². The van der Waals surface area contributed by atoms with Gasteiger partial charge >= 0.3 is 0 Å². The van der Waals surface area contributed by atoms with Crippen molar-refractivity contribution in [1.29, 1.82) is 0 Å². The number of nitrogens with one attached hydrogen (secondary N) is 1. The van der Waals surface area contributed by atoms with Crippen molar-refractivity contribution in [3.05, 3.63) is 54.1 Å². The summed E-state index contributed by atoms with van der Waals surface area (Å²) in [4.78, 5) is 21.7. The smallest absolute Gasteiger partial charge is 0.255 e. The van der Waals surface area contributed by atoms with Crippen LogP contribution in [0.2, 0.25) is 0 Å². The molecule has 5 heteroatoms. The minimum atomic E-state index is -0.177. The van der Waals surface area contributed by atoms with Gasteiger partial charge < -0.3 is 9.72 Å². The van der Waals surface area contributed by atoms with Crippen molar-refractivity contribution in [3.63, 3.8) is 0 Å². The van der Waals surface area contributed by atoms with Crippen LogP contribution in [0.4, 0.5) is 0 Å². The maximum atomic E-state index is 12.9. The van der Waals surface area contributed by atoms with Crippen molar-refractivity contribution in [3.8, 4) is 11.3 Å². The summed E-state index contributed by atoms with van der Waals surface area (Å²) in [5.74, 6) is 0.519. The van der Waals surface area contributed by atoms with Gasteiger partial charge in [0.1, 0.15) is 5.65 Å². The van der Waals surface area contributed by atoms with Crippen LogP contribution in [0.1, 0.15) is 42.7 Å². The topological polar surface area (TPSA) is 59.3 Å². The molecule has 128 valence electrons. The number of rotatable bonds is 4. The van der Waals surface area contributed by atoms with Crippen molar-refractivity contribution < 1.29 is 4.79 Å². The Labute approximate surface area is 147 Å². The zero-order valence-corrected chi connectivity index (χ0v) is 14.8. The van der Waals surface area contributed by atoms with E-state index >= 15 is 0 Å². The van der Waals surface area contributed by atoms with Crippen LogP contribution in [0, 0.1) is 12.8 Å². The first-order valence-corrected chi connectivity index (χ1v) is 8.67. The Morgan fingerprint density at radius 3 is 2.64 bits per heavy atom. The predicted molar refractivity (Wildman–Crippen MR) is 97.4 cm³/mol. The number of nitrogens with zero attached hydrogens (tertiary/aromatic N) is 3. The molecule has 3 heterocycles. The van der Waals surface area contributed by atoms with Crippen molar-refractivity contribution in [2.45, 2.75) is 39.2 Å². The number of hydrogen-bond donors (Lipinski definition) is 1. The van der Waals surface area contributed by atoms with Gasteiger partial charge in [0.25, 0.3) is 5.91 Å². The molecule has 0 saturated heterocycles. The fourth-order valence-corrected chi connectivity index (χ4v) is 3.35. The van der Waals surface area contributed by atoms with E-state index in [1.165, 1.54) is 12.8 Å². The molecule has 25 heavy (non-hydrogen) atoms. The second kappa shape index (κ2) is 5.69. The van der Waals surface area contributed by atoms with Gasteiger partial charge in [0, 0.05) is 35.4 Å². The van der Waals surface area contributed by atoms with Crippen LogP contribution < -0.4 is 5.32 Å². The second-order valence-electron chi connectivity index (χ2n) is 7.39. The average Bonchev–Trinajstić information content (AvgIpc) is 3.36. The molecule has 3 aromatic rings. The molecule has 0 aromatic carbocycles. The lowest BCUT2D eigenvalue weighted by Gasteiger charge is -2.26. The quantitative estimate of drug-likeness (QED) is 0.793. The van der Waals surface area contributed by atoms with Gasteiger partial charge in [0.2, 0.25) is 0 Å². The lowest BCUT2D eigenvalue weighted by atomic mass is 9.98. The molecular weight excluding hydrogens is 312 g/mol. The van der Waals surface area contributed by atoms with Crippen LogP contribution in [0.3, 0.4) is 0 Å². The van der Waals surface area contributed by atoms with Crippen LogP contribution in [-0.4, -0.2) is 25.8 Å². The van der Waals surface area contributed by atoms with E-state index in [9.17, 15) is 4.79 Å². The number of aryl methyl sites for hydroxylation is 1. The number of aromatic nitrogens is 3. The van der Waals surface area contributed by atoms with Gasteiger partial charge in [-0.15, -0.1) is 0 Å². The first-order valence-electron chi connectivity index (χ1n) is 8.67. The fraction of sp³-hybridized carbons (Fsp3) is 0.350. The lowest BCUT2D eigenvalue weighted by molar-refractivity contribution is 0.0905. The van der Waals surface area contributed by atoms with E-state index in [0.29, 0.717) is 17.1 Å². The van der Waals surface area contributed by atoms with Crippen LogP contribution in [0.5, 0.6) is 0 Å². The fourth-order valence-electron chi connectivity index (χ4n) is 3.35. The van der Waals surface area contributed by atoms with Gasteiger partial charge in [-0.1, -0.05) is 0 Å². The maximum absolute atomic E-state index is 12.9. The van der Waals surface area contributed by atoms with Crippen LogP contribution in [-0.2, 0) is 0 Å². The summed E-state index contributed by atoms with van der Waals surface area (Å²) in [6.45, 7) is 6.22. The van der Waals surface area contributed by atoms with E-state index < -0.39 is 0 Å². The second-order valence-corrected chi connectivity index (χ2v) is 7.39. The largest absolute Gasteiger partial charge is 0.347 e. The third kappa shape index (κ3) is 2.90. The van der Waals surface area contributed by atoms with Crippen molar-refractivity contribution in [2.75, 3.05) is 0 Å². The highest BCUT2D eigenvalue weighted by atomic mass is 16.1. The highest BCUT2D eigenvalue weighted by Gasteiger charge is 2.39. The van der Waals surface area contributed by atoms with Gasteiger partial charge in [-0.3, -0.25) is 9.78 Å².